The Hall–Kier alpha value is -1.90. The molecule has 6 nitrogen and oxygen atoms in total. The van der Waals surface area contributed by atoms with Crippen molar-refractivity contribution in [1.82, 2.24) is 10.3 Å². The number of hydrogen-bond acceptors (Lipinski definition) is 6. The van der Waals surface area contributed by atoms with Crippen molar-refractivity contribution in [1.29, 1.82) is 0 Å². The molecule has 8 heteroatoms. The second-order valence-corrected chi connectivity index (χ2v) is 11.5. The molecular weight excluding hydrogens is 452 g/mol. The average molecular weight is 492 g/mol. The van der Waals surface area contributed by atoms with E-state index in [4.69, 9.17) is 9.47 Å². The maximum atomic E-state index is 14.9. The van der Waals surface area contributed by atoms with Gasteiger partial charge < -0.3 is 19.9 Å². The summed E-state index contributed by atoms with van der Waals surface area (Å²) < 4.78 is 40.8. The van der Waals surface area contributed by atoms with Gasteiger partial charge in [-0.25, -0.2) is 8.78 Å². The van der Waals surface area contributed by atoms with Crippen LogP contribution in [0.25, 0.3) is 5.57 Å². The Morgan fingerprint density at radius 1 is 1.17 bits per heavy atom. The van der Waals surface area contributed by atoms with E-state index in [1.54, 1.807) is 20.0 Å². The molecule has 2 aliphatic carbocycles. The molecule has 2 N–H and O–H groups in total. The molecule has 2 heterocycles. The van der Waals surface area contributed by atoms with Crippen molar-refractivity contribution in [3.8, 4) is 0 Å². The molecule has 0 radical (unpaired) electrons. The predicted octanol–water partition coefficient (Wildman–Crippen LogP) is 4.82. The maximum absolute atomic E-state index is 14.9. The molecule has 0 saturated heterocycles. The molecule has 35 heavy (non-hydrogen) atoms. The molecule has 0 amide bonds. The Kier molecular flexibility index (Phi) is 7.38. The Morgan fingerprint density at radius 3 is 2.49 bits per heavy atom. The number of ether oxygens (including phenoxy) is 2. The number of pyridine rings is 1. The monoisotopic (exact) mass is 491 g/mol. The van der Waals surface area contributed by atoms with Gasteiger partial charge in [0.15, 0.2) is 6.29 Å². The summed E-state index contributed by atoms with van der Waals surface area (Å²) in [6, 6.07) is 3.53. The van der Waals surface area contributed by atoms with Gasteiger partial charge in [-0.2, -0.15) is 0 Å². The number of aliphatic hydroxyl groups excluding tert-OH is 1. The van der Waals surface area contributed by atoms with Gasteiger partial charge in [0, 0.05) is 30.2 Å². The van der Waals surface area contributed by atoms with Crippen molar-refractivity contribution in [3.63, 3.8) is 0 Å². The first-order valence-electron chi connectivity index (χ1n) is 12.6. The van der Waals surface area contributed by atoms with Crippen molar-refractivity contribution in [3.05, 3.63) is 35.7 Å². The van der Waals surface area contributed by atoms with Gasteiger partial charge in [0.25, 0.3) is 5.92 Å². The molecule has 1 aromatic rings. The van der Waals surface area contributed by atoms with Crippen LogP contribution in [0.2, 0.25) is 0 Å². The van der Waals surface area contributed by atoms with Gasteiger partial charge in [-0.3, -0.25) is 9.98 Å². The van der Waals surface area contributed by atoms with Gasteiger partial charge in [0.05, 0.1) is 36.4 Å². The SMILES string of the molecule is COC(O)C(C)(C)COC1CC=C(c2ccc(C3=NCC(C(C)(C)C(F)(F)C4CC4)N3)cn2)CC1. The van der Waals surface area contributed by atoms with E-state index < -0.39 is 35.0 Å². The molecule has 0 aromatic carbocycles. The summed E-state index contributed by atoms with van der Waals surface area (Å²) in [4.78, 5) is 9.17. The number of nitrogens with zero attached hydrogens (tertiary/aromatic N) is 2. The van der Waals surface area contributed by atoms with Crippen LogP contribution in [-0.4, -0.2) is 60.5 Å². The molecule has 3 atom stereocenters. The number of amidine groups is 1. The van der Waals surface area contributed by atoms with Gasteiger partial charge >= 0.3 is 0 Å². The topological polar surface area (TPSA) is 76.0 Å². The molecule has 3 aliphatic rings. The van der Waals surface area contributed by atoms with Gasteiger partial charge in [-0.15, -0.1) is 0 Å². The van der Waals surface area contributed by atoms with E-state index in [2.05, 4.69) is 21.4 Å². The van der Waals surface area contributed by atoms with Gasteiger partial charge in [0.1, 0.15) is 5.84 Å². The first kappa shape index (κ1) is 26.2. The Morgan fingerprint density at radius 2 is 1.91 bits per heavy atom. The molecule has 4 rings (SSSR count). The van der Waals surface area contributed by atoms with E-state index in [0.717, 1.165) is 30.5 Å². The highest BCUT2D eigenvalue weighted by Gasteiger charge is 2.60. The van der Waals surface area contributed by atoms with E-state index in [9.17, 15) is 13.9 Å². The van der Waals surface area contributed by atoms with Crippen LogP contribution in [0.1, 0.15) is 71.1 Å². The van der Waals surface area contributed by atoms with Gasteiger partial charge in [0.2, 0.25) is 0 Å². The van der Waals surface area contributed by atoms with Crippen LogP contribution in [0.15, 0.2) is 29.4 Å². The van der Waals surface area contributed by atoms with E-state index >= 15 is 0 Å². The zero-order chi connectivity index (χ0) is 25.4. The van der Waals surface area contributed by atoms with Crippen LogP contribution in [0, 0.1) is 16.7 Å². The third kappa shape index (κ3) is 5.44. The summed E-state index contributed by atoms with van der Waals surface area (Å²) >= 11 is 0. The molecule has 0 bridgehead atoms. The van der Waals surface area contributed by atoms with Gasteiger partial charge in [-0.1, -0.05) is 33.8 Å². The number of nitrogens with one attached hydrogen (secondary N) is 1. The number of allylic oxidation sites excluding steroid dienone is 1. The molecule has 0 spiro atoms. The van der Waals surface area contributed by atoms with Crippen molar-refractivity contribution in [2.24, 2.45) is 21.7 Å². The summed E-state index contributed by atoms with van der Waals surface area (Å²) in [5.41, 5.74) is 1.26. The summed E-state index contributed by atoms with van der Waals surface area (Å²) in [5, 5.41) is 13.2. The third-order valence-corrected chi connectivity index (χ3v) is 7.87. The Bertz CT molecular complexity index is 955. The molecule has 1 fully saturated rings. The minimum atomic E-state index is -2.70. The number of hydrogen-bond donors (Lipinski definition) is 2. The number of methoxy groups -OCH3 is 1. The summed E-state index contributed by atoms with van der Waals surface area (Å²) in [7, 11) is 1.49. The lowest BCUT2D eigenvalue weighted by atomic mass is 9.76. The van der Waals surface area contributed by atoms with E-state index in [1.165, 1.54) is 12.7 Å². The van der Waals surface area contributed by atoms with Crippen LogP contribution in [0.5, 0.6) is 0 Å². The maximum Gasteiger partial charge on any atom is 0.257 e. The highest BCUT2D eigenvalue weighted by Crippen LogP contribution is 2.54. The van der Waals surface area contributed by atoms with E-state index in [1.807, 2.05) is 26.0 Å². The molecule has 1 saturated carbocycles. The van der Waals surface area contributed by atoms with Crippen LogP contribution >= 0.6 is 0 Å². The number of rotatable bonds is 10. The fourth-order valence-corrected chi connectivity index (χ4v) is 4.87. The number of aliphatic hydroxyl groups is 1. The summed E-state index contributed by atoms with van der Waals surface area (Å²) in [6.07, 6.45) is 6.93. The van der Waals surface area contributed by atoms with Crippen molar-refractivity contribution in [2.45, 2.75) is 84.2 Å². The zero-order valence-corrected chi connectivity index (χ0v) is 21.5. The molecule has 3 unspecified atom stereocenters. The number of halogens is 2. The fourth-order valence-electron chi connectivity index (χ4n) is 4.87. The minimum Gasteiger partial charge on any atom is -0.377 e. The molecule has 1 aliphatic heterocycles. The van der Waals surface area contributed by atoms with Crippen LogP contribution in [-0.2, 0) is 9.47 Å². The normalized spacial score (nSPS) is 24.6. The lowest BCUT2D eigenvalue weighted by Gasteiger charge is -2.39. The molecule has 194 valence electrons. The highest BCUT2D eigenvalue weighted by atomic mass is 19.3. The van der Waals surface area contributed by atoms with Crippen molar-refractivity contribution < 1.29 is 23.4 Å². The molecule has 1 aromatic heterocycles. The Labute approximate surface area is 207 Å². The largest absolute Gasteiger partial charge is 0.377 e. The van der Waals surface area contributed by atoms with E-state index in [-0.39, 0.29) is 6.10 Å². The number of aromatic nitrogens is 1. The Balaban J connectivity index is 1.32. The standard InChI is InChI=1S/C27H39F2N3O3/c1-25(2,24(33)34-5)16-35-20-11-6-17(7-12-20)21-13-8-18(14-30-21)23-31-15-22(32-23)26(3,4)27(28,29)19-9-10-19/h6,8,13-14,19-20,22,24,33H,7,9-12,15-16H2,1-5H3,(H,31,32). The van der Waals surface area contributed by atoms with Crippen molar-refractivity contribution >= 4 is 11.4 Å². The number of alkyl halides is 2. The first-order valence-corrected chi connectivity index (χ1v) is 12.6. The fraction of sp³-hybridized carbons (Fsp3) is 0.704. The van der Waals surface area contributed by atoms with Crippen molar-refractivity contribution in [2.75, 3.05) is 20.3 Å². The van der Waals surface area contributed by atoms with Crippen LogP contribution < -0.4 is 5.32 Å². The smallest absolute Gasteiger partial charge is 0.257 e. The quantitative estimate of drug-likeness (QED) is 0.459. The zero-order valence-electron chi connectivity index (χ0n) is 21.5. The average Bonchev–Trinajstić information content (AvgIpc) is 3.59. The molecular formula is C27H39F2N3O3. The third-order valence-electron chi connectivity index (χ3n) is 7.87. The predicted molar refractivity (Wildman–Crippen MR) is 132 cm³/mol. The summed E-state index contributed by atoms with van der Waals surface area (Å²) in [5.74, 6) is -2.56. The second-order valence-electron chi connectivity index (χ2n) is 11.5. The lowest BCUT2D eigenvalue weighted by Crippen LogP contribution is -2.53. The van der Waals surface area contributed by atoms with Crippen LogP contribution in [0.4, 0.5) is 8.78 Å². The first-order chi connectivity index (χ1) is 16.5. The second kappa shape index (κ2) is 9.87. The summed E-state index contributed by atoms with van der Waals surface area (Å²) in [6.45, 7) is 7.90. The highest BCUT2D eigenvalue weighted by molar-refractivity contribution is 6.00. The number of aliphatic imine (C=N–C) groups is 1. The minimum absolute atomic E-state index is 0.104. The van der Waals surface area contributed by atoms with E-state index in [0.29, 0.717) is 31.8 Å². The van der Waals surface area contributed by atoms with Crippen LogP contribution in [0.3, 0.4) is 0 Å². The lowest BCUT2D eigenvalue weighted by molar-refractivity contribution is -0.171. The van der Waals surface area contributed by atoms with Gasteiger partial charge in [-0.05, 0) is 49.8 Å².